The first-order valence-electron chi connectivity index (χ1n) is 5.92. The predicted molar refractivity (Wildman–Crippen MR) is 64.6 cm³/mol. The van der Waals surface area contributed by atoms with Crippen LogP contribution in [-0.2, 0) is 9.59 Å². The van der Waals surface area contributed by atoms with E-state index < -0.39 is 5.97 Å². The molecule has 0 bridgehead atoms. The fourth-order valence-corrected chi connectivity index (χ4v) is 2.26. The number of carboxylic acid groups (broad SMARTS) is 1. The van der Waals surface area contributed by atoms with E-state index >= 15 is 0 Å². The molecule has 1 amide bonds. The van der Waals surface area contributed by atoms with E-state index in [-0.39, 0.29) is 24.4 Å². The van der Waals surface area contributed by atoms with Gasteiger partial charge >= 0.3 is 5.97 Å². The van der Waals surface area contributed by atoms with Crippen LogP contribution in [-0.4, -0.2) is 47.1 Å². The summed E-state index contributed by atoms with van der Waals surface area (Å²) in [5.74, 6) is -0.872. The number of carbonyl (C=O) groups is 2. The second-order valence-electron chi connectivity index (χ2n) is 4.34. The average Bonchev–Trinajstić information content (AvgIpc) is 2.71. The molecule has 0 spiro atoms. The van der Waals surface area contributed by atoms with Gasteiger partial charge in [0, 0.05) is 12.6 Å². The molecule has 0 saturated carbocycles. The van der Waals surface area contributed by atoms with Crippen molar-refractivity contribution in [3.05, 3.63) is 12.7 Å². The molecule has 1 aliphatic heterocycles. The number of hydrogen-bond acceptors (Lipinski definition) is 3. The molecule has 1 saturated heterocycles. The molecule has 17 heavy (non-hydrogen) atoms. The van der Waals surface area contributed by atoms with Gasteiger partial charge in [0.2, 0.25) is 5.91 Å². The summed E-state index contributed by atoms with van der Waals surface area (Å²) in [5.41, 5.74) is 0. The number of amides is 1. The first-order chi connectivity index (χ1) is 8.06. The van der Waals surface area contributed by atoms with Gasteiger partial charge in [0.25, 0.3) is 0 Å². The predicted octanol–water partition coefficient (Wildman–Crippen LogP) is 0.616. The van der Waals surface area contributed by atoms with Crippen LogP contribution in [0, 0.1) is 0 Å². The highest BCUT2D eigenvalue weighted by Gasteiger charge is 2.32. The maximum absolute atomic E-state index is 11.8. The van der Waals surface area contributed by atoms with Gasteiger partial charge in [-0.3, -0.25) is 14.5 Å². The minimum absolute atomic E-state index is 0.0167. The SMILES string of the molecule is C=CCNC(=O)C(C)N1CCCC1CC(=O)O. The summed E-state index contributed by atoms with van der Waals surface area (Å²) >= 11 is 0. The highest BCUT2D eigenvalue weighted by atomic mass is 16.4. The van der Waals surface area contributed by atoms with Gasteiger partial charge in [0.1, 0.15) is 0 Å². The van der Waals surface area contributed by atoms with Crippen molar-refractivity contribution in [2.45, 2.75) is 38.3 Å². The second-order valence-corrected chi connectivity index (χ2v) is 4.34. The van der Waals surface area contributed by atoms with Crippen LogP contribution in [0.25, 0.3) is 0 Å². The molecule has 96 valence electrons. The maximum Gasteiger partial charge on any atom is 0.304 e. The van der Waals surface area contributed by atoms with Crippen LogP contribution < -0.4 is 5.32 Å². The molecule has 5 nitrogen and oxygen atoms in total. The lowest BCUT2D eigenvalue weighted by atomic mass is 10.1. The number of likely N-dealkylation sites (tertiary alicyclic amines) is 1. The van der Waals surface area contributed by atoms with Crippen LogP contribution in [0.4, 0.5) is 0 Å². The van der Waals surface area contributed by atoms with Crippen LogP contribution in [0.5, 0.6) is 0 Å². The Bertz CT molecular complexity index is 304. The van der Waals surface area contributed by atoms with Gasteiger partial charge in [-0.2, -0.15) is 0 Å². The Hall–Kier alpha value is -1.36. The number of nitrogens with one attached hydrogen (secondary N) is 1. The van der Waals surface area contributed by atoms with Crippen molar-refractivity contribution in [2.75, 3.05) is 13.1 Å². The first-order valence-corrected chi connectivity index (χ1v) is 5.92. The monoisotopic (exact) mass is 240 g/mol. The molecule has 1 heterocycles. The summed E-state index contributed by atoms with van der Waals surface area (Å²) in [4.78, 5) is 24.5. The number of carboxylic acids is 1. The van der Waals surface area contributed by atoms with Crippen LogP contribution in [0.2, 0.25) is 0 Å². The molecule has 2 N–H and O–H groups in total. The third kappa shape index (κ3) is 3.85. The zero-order chi connectivity index (χ0) is 12.8. The molecule has 0 radical (unpaired) electrons. The molecule has 0 aromatic heterocycles. The summed E-state index contributed by atoms with van der Waals surface area (Å²) in [6, 6.07) is -0.293. The Labute approximate surface area is 101 Å². The standard InChI is InChI=1S/C12H20N2O3/c1-3-6-13-12(17)9(2)14-7-4-5-10(14)8-11(15)16/h3,9-10H,1,4-8H2,2H3,(H,13,17)(H,15,16). The van der Waals surface area contributed by atoms with Crippen molar-refractivity contribution in [1.82, 2.24) is 10.2 Å². The Morgan fingerprint density at radius 2 is 2.35 bits per heavy atom. The summed E-state index contributed by atoms with van der Waals surface area (Å²) in [6.45, 7) is 6.59. The van der Waals surface area contributed by atoms with E-state index in [1.165, 1.54) is 0 Å². The third-order valence-electron chi connectivity index (χ3n) is 3.13. The minimum Gasteiger partial charge on any atom is -0.481 e. The van der Waals surface area contributed by atoms with Crippen LogP contribution >= 0.6 is 0 Å². The highest BCUT2D eigenvalue weighted by Crippen LogP contribution is 2.22. The largest absolute Gasteiger partial charge is 0.481 e. The fraction of sp³-hybridized carbons (Fsp3) is 0.667. The molecule has 0 aromatic rings. The summed E-state index contributed by atoms with van der Waals surface area (Å²) in [6.07, 6.45) is 3.55. The van der Waals surface area contributed by atoms with Crippen molar-refractivity contribution in [3.63, 3.8) is 0 Å². The molecule has 1 rings (SSSR count). The summed E-state index contributed by atoms with van der Waals surface area (Å²) in [7, 11) is 0. The number of nitrogens with zero attached hydrogens (tertiary/aromatic N) is 1. The Balaban J connectivity index is 2.54. The summed E-state index contributed by atoms with van der Waals surface area (Å²) < 4.78 is 0. The molecule has 0 aromatic carbocycles. The Morgan fingerprint density at radius 1 is 1.65 bits per heavy atom. The van der Waals surface area contributed by atoms with E-state index in [4.69, 9.17) is 5.11 Å². The van der Waals surface area contributed by atoms with Gasteiger partial charge < -0.3 is 10.4 Å². The fourth-order valence-electron chi connectivity index (χ4n) is 2.26. The lowest BCUT2D eigenvalue weighted by molar-refractivity contribution is -0.139. The lowest BCUT2D eigenvalue weighted by Gasteiger charge is -2.28. The zero-order valence-corrected chi connectivity index (χ0v) is 10.2. The molecule has 2 unspecified atom stereocenters. The molecular formula is C12H20N2O3. The Kier molecular flexibility index (Phi) is 5.15. The molecule has 1 aliphatic rings. The maximum atomic E-state index is 11.8. The smallest absolute Gasteiger partial charge is 0.304 e. The van der Waals surface area contributed by atoms with E-state index in [0.29, 0.717) is 6.54 Å². The van der Waals surface area contributed by atoms with Gasteiger partial charge in [-0.05, 0) is 26.3 Å². The molecule has 5 heteroatoms. The van der Waals surface area contributed by atoms with Crippen LogP contribution in [0.1, 0.15) is 26.2 Å². The van der Waals surface area contributed by atoms with E-state index in [1.54, 1.807) is 6.08 Å². The quantitative estimate of drug-likeness (QED) is 0.668. The lowest BCUT2D eigenvalue weighted by Crippen LogP contribution is -2.47. The number of rotatable bonds is 6. The van der Waals surface area contributed by atoms with E-state index in [9.17, 15) is 9.59 Å². The van der Waals surface area contributed by atoms with Crippen molar-refractivity contribution < 1.29 is 14.7 Å². The summed E-state index contributed by atoms with van der Waals surface area (Å²) in [5, 5.41) is 11.5. The molecule has 0 aliphatic carbocycles. The van der Waals surface area contributed by atoms with Crippen molar-refractivity contribution in [3.8, 4) is 0 Å². The molecule has 2 atom stereocenters. The first kappa shape index (κ1) is 13.7. The number of hydrogen-bond donors (Lipinski definition) is 2. The topological polar surface area (TPSA) is 69.6 Å². The normalized spacial score (nSPS) is 22.1. The van der Waals surface area contributed by atoms with Crippen LogP contribution in [0.15, 0.2) is 12.7 Å². The molecular weight excluding hydrogens is 220 g/mol. The van der Waals surface area contributed by atoms with Gasteiger partial charge in [0.05, 0.1) is 12.5 Å². The zero-order valence-electron chi connectivity index (χ0n) is 10.2. The Morgan fingerprint density at radius 3 is 2.94 bits per heavy atom. The van der Waals surface area contributed by atoms with E-state index in [2.05, 4.69) is 11.9 Å². The third-order valence-corrected chi connectivity index (χ3v) is 3.13. The number of carbonyl (C=O) groups excluding carboxylic acids is 1. The van der Waals surface area contributed by atoms with Crippen molar-refractivity contribution >= 4 is 11.9 Å². The van der Waals surface area contributed by atoms with E-state index in [1.807, 2.05) is 11.8 Å². The molecule has 1 fully saturated rings. The minimum atomic E-state index is -0.805. The van der Waals surface area contributed by atoms with Crippen LogP contribution in [0.3, 0.4) is 0 Å². The van der Waals surface area contributed by atoms with Gasteiger partial charge in [-0.1, -0.05) is 6.08 Å². The highest BCUT2D eigenvalue weighted by molar-refractivity contribution is 5.81. The van der Waals surface area contributed by atoms with Gasteiger partial charge in [-0.25, -0.2) is 0 Å². The van der Waals surface area contributed by atoms with Gasteiger partial charge in [-0.15, -0.1) is 6.58 Å². The van der Waals surface area contributed by atoms with Crippen molar-refractivity contribution in [2.24, 2.45) is 0 Å². The van der Waals surface area contributed by atoms with E-state index in [0.717, 1.165) is 19.4 Å². The van der Waals surface area contributed by atoms with Gasteiger partial charge in [0.15, 0.2) is 0 Å². The average molecular weight is 240 g/mol. The van der Waals surface area contributed by atoms with Crippen molar-refractivity contribution in [1.29, 1.82) is 0 Å². The number of aliphatic carboxylic acids is 1. The second kappa shape index (κ2) is 6.39.